The Balaban J connectivity index is 4.45. The maximum absolute atomic E-state index is 4.00. The van der Waals surface area contributed by atoms with Crippen LogP contribution in [0.3, 0.4) is 0 Å². The summed E-state index contributed by atoms with van der Waals surface area (Å²) in [5.74, 6) is 1.91. The molecule has 2 N–H and O–H groups in total. The molecule has 0 rings (SSSR count). The fraction of sp³-hybridized carbons (Fsp3) is 0.714. The number of likely N-dealkylation sites (N-methyl/N-ethyl adjacent to an activating group) is 1. The van der Waals surface area contributed by atoms with E-state index < -0.39 is 0 Å². The van der Waals surface area contributed by atoms with Crippen molar-refractivity contribution in [3.05, 3.63) is 24.0 Å². The summed E-state index contributed by atoms with van der Waals surface area (Å²) in [5, 5.41) is 6.51. The van der Waals surface area contributed by atoms with Gasteiger partial charge in [0.1, 0.15) is 0 Å². The molecule has 94 valence electrons. The smallest absolute Gasteiger partial charge is 0.0348 e. The number of rotatable bonds is 7. The van der Waals surface area contributed by atoms with Crippen LogP contribution in [-0.2, 0) is 0 Å². The molecule has 16 heavy (non-hydrogen) atoms. The molecule has 0 aliphatic carbocycles. The quantitative estimate of drug-likeness (QED) is 0.694. The predicted molar refractivity (Wildman–Crippen MR) is 73.1 cm³/mol. The largest absolute Gasteiger partial charge is 0.362 e. The van der Waals surface area contributed by atoms with Crippen LogP contribution >= 0.6 is 0 Å². The lowest BCUT2D eigenvalue weighted by atomic mass is 9.84. The van der Waals surface area contributed by atoms with Crippen LogP contribution in [0.2, 0.25) is 0 Å². The van der Waals surface area contributed by atoms with Crippen LogP contribution in [0.1, 0.15) is 34.6 Å². The first-order valence-electron chi connectivity index (χ1n) is 6.19. The molecular formula is C14H28N2. The molecular weight excluding hydrogens is 196 g/mol. The van der Waals surface area contributed by atoms with Crippen molar-refractivity contribution in [2.24, 2.45) is 17.8 Å². The van der Waals surface area contributed by atoms with E-state index in [9.17, 15) is 0 Å². The molecule has 0 aliphatic rings. The van der Waals surface area contributed by atoms with Crippen molar-refractivity contribution < 1.29 is 0 Å². The molecule has 0 aromatic rings. The third-order valence-electron chi connectivity index (χ3n) is 3.35. The van der Waals surface area contributed by atoms with Gasteiger partial charge in [0, 0.05) is 17.9 Å². The molecule has 0 heterocycles. The highest BCUT2D eigenvalue weighted by atomic mass is 15.0. The van der Waals surface area contributed by atoms with Crippen molar-refractivity contribution in [2.45, 2.75) is 34.6 Å². The maximum atomic E-state index is 4.00. The Hall–Kier alpha value is -0.760. The van der Waals surface area contributed by atoms with Crippen molar-refractivity contribution in [3.63, 3.8) is 0 Å². The maximum Gasteiger partial charge on any atom is 0.0348 e. The summed E-state index contributed by atoms with van der Waals surface area (Å²) in [6.07, 6.45) is 2.16. The Morgan fingerprint density at radius 2 is 1.81 bits per heavy atom. The lowest BCUT2D eigenvalue weighted by Crippen LogP contribution is -2.28. The molecule has 2 atom stereocenters. The van der Waals surface area contributed by atoms with Crippen molar-refractivity contribution in [1.29, 1.82) is 0 Å². The van der Waals surface area contributed by atoms with Crippen LogP contribution in [0, 0.1) is 17.8 Å². The first kappa shape index (κ1) is 15.2. The Kier molecular flexibility index (Phi) is 7.15. The second kappa shape index (κ2) is 7.50. The third kappa shape index (κ3) is 4.84. The zero-order valence-corrected chi connectivity index (χ0v) is 11.7. The molecule has 0 aromatic heterocycles. The Labute approximate surface area is 101 Å². The summed E-state index contributed by atoms with van der Waals surface area (Å²) in [5.41, 5.74) is 2.31. The molecule has 0 bridgehead atoms. The molecule has 0 saturated carbocycles. The summed E-state index contributed by atoms with van der Waals surface area (Å²) in [7, 11) is 1.93. The zero-order valence-electron chi connectivity index (χ0n) is 11.7. The van der Waals surface area contributed by atoms with Gasteiger partial charge in [0.05, 0.1) is 0 Å². The van der Waals surface area contributed by atoms with Crippen LogP contribution in [0.5, 0.6) is 0 Å². The third-order valence-corrected chi connectivity index (χ3v) is 3.35. The van der Waals surface area contributed by atoms with E-state index in [1.807, 2.05) is 7.05 Å². The fourth-order valence-corrected chi connectivity index (χ4v) is 1.77. The summed E-state index contributed by atoms with van der Waals surface area (Å²) in [4.78, 5) is 0. The van der Waals surface area contributed by atoms with Gasteiger partial charge in [0.25, 0.3) is 0 Å². The molecule has 0 radical (unpaired) electrons. The lowest BCUT2D eigenvalue weighted by molar-refractivity contribution is 0.322. The summed E-state index contributed by atoms with van der Waals surface area (Å²) in [6.45, 7) is 16.0. The minimum Gasteiger partial charge on any atom is -0.362 e. The predicted octanol–water partition coefficient (Wildman–Crippen LogP) is 3.14. The van der Waals surface area contributed by atoms with E-state index in [0.717, 1.165) is 12.2 Å². The molecule has 2 nitrogen and oxygen atoms in total. The second-order valence-electron chi connectivity index (χ2n) is 4.89. The molecule has 0 amide bonds. The standard InChI is InChI=1S/C14H28N2/c1-8-14(16-11(4)9-15-7)13(6)12(5)10(2)3/h8,10,12-13,15-16H,4,9H2,1-3,5-7H3/b14-8+. The molecule has 0 aromatic carbocycles. The van der Waals surface area contributed by atoms with Crippen molar-refractivity contribution >= 4 is 0 Å². The molecule has 2 unspecified atom stereocenters. The highest BCUT2D eigenvalue weighted by Crippen LogP contribution is 2.25. The van der Waals surface area contributed by atoms with Crippen LogP contribution < -0.4 is 10.6 Å². The number of allylic oxidation sites excluding steroid dienone is 2. The van der Waals surface area contributed by atoms with Gasteiger partial charge in [-0.1, -0.05) is 40.3 Å². The van der Waals surface area contributed by atoms with Gasteiger partial charge in [-0.15, -0.1) is 0 Å². The fourth-order valence-electron chi connectivity index (χ4n) is 1.77. The van der Waals surface area contributed by atoms with Gasteiger partial charge in [-0.05, 0) is 31.7 Å². The van der Waals surface area contributed by atoms with Gasteiger partial charge in [0.2, 0.25) is 0 Å². The summed E-state index contributed by atoms with van der Waals surface area (Å²) < 4.78 is 0. The van der Waals surface area contributed by atoms with Gasteiger partial charge >= 0.3 is 0 Å². The van der Waals surface area contributed by atoms with E-state index in [-0.39, 0.29) is 0 Å². The topological polar surface area (TPSA) is 24.1 Å². The first-order valence-corrected chi connectivity index (χ1v) is 6.19. The van der Waals surface area contributed by atoms with E-state index in [1.54, 1.807) is 0 Å². The minimum atomic E-state index is 0.540. The Morgan fingerprint density at radius 1 is 1.25 bits per heavy atom. The van der Waals surface area contributed by atoms with Crippen LogP contribution in [0.15, 0.2) is 24.0 Å². The molecule has 0 saturated heterocycles. The zero-order chi connectivity index (χ0) is 12.7. The van der Waals surface area contributed by atoms with Crippen molar-refractivity contribution in [2.75, 3.05) is 13.6 Å². The molecule has 0 aliphatic heterocycles. The average Bonchev–Trinajstić information content (AvgIpc) is 2.24. The highest BCUT2D eigenvalue weighted by molar-refractivity contribution is 5.12. The first-order chi connectivity index (χ1) is 7.43. The van der Waals surface area contributed by atoms with Crippen LogP contribution in [-0.4, -0.2) is 13.6 Å². The molecule has 0 fully saturated rings. The van der Waals surface area contributed by atoms with Gasteiger partial charge in [-0.3, -0.25) is 0 Å². The van der Waals surface area contributed by atoms with E-state index in [2.05, 4.69) is 57.9 Å². The summed E-state index contributed by atoms with van der Waals surface area (Å²) in [6, 6.07) is 0. The van der Waals surface area contributed by atoms with Gasteiger partial charge in [0.15, 0.2) is 0 Å². The van der Waals surface area contributed by atoms with E-state index >= 15 is 0 Å². The number of nitrogens with one attached hydrogen (secondary N) is 2. The Bertz CT molecular complexity index is 241. The summed E-state index contributed by atoms with van der Waals surface area (Å²) >= 11 is 0. The van der Waals surface area contributed by atoms with E-state index in [4.69, 9.17) is 0 Å². The normalized spacial score (nSPS) is 16.1. The van der Waals surface area contributed by atoms with E-state index in [1.165, 1.54) is 5.70 Å². The highest BCUT2D eigenvalue weighted by Gasteiger charge is 2.19. The molecule has 0 spiro atoms. The van der Waals surface area contributed by atoms with E-state index in [0.29, 0.717) is 17.8 Å². The SMILES string of the molecule is C=C(CNC)N/C(=C/C)C(C)C(C)C(C)C. The lowest BCUT2D eigenvalue weighted by Gasteiger charge is -2.27. The van der Waals surface area contributed by atoms with Crippen molar-refractivity contribution in [3.8, 4) is 0 Å². The van der Waals surface area contributed by atoms with Crippen LogP contribution in [0.25, 0.3) is 0 Å². The van der Waals surface area contributed by atoms with Crippen molar-refractivity contribution in [1.82, 2.24) is 10.6 Å². The number of hydrogen-bond acceptors (Lipinski definition) is 2. The molecule has 2 heteroatoms. The van der Waals surface area contributed by atoms with Gasteiger partial charge < -0.3 is 10.6 Å². The minimum absolute atomic E-state index is 0.540. The van der Waals surface area contributed by atoms with Gasteiger partial charge in [-0.2, -0.15) is 0 Å². The number of hydrogen-bond donors (Lipinski definition) is 2. The monoisotopic (exact) mass is 224 g/mol. The van der Waals surface area contributed by atoms with Crippen LogP contribution in [0.4, 0.5) is 0 Å². The second-order valence-corrected chi connectivity index (χ2v) is 4.89. The Morgan fingerprint density at radius 3 is 2.19 bits per heavy atom. The average molecular weight is 224 g/mol. The van der Waals surface area contributed by atoms with Gasteiger partial charge in [-0.25, -0.2) is 0 Å².